The molecule has 2 nitrogen and oxygen atoms in total. The molecular formula is C16H21F2NO. The molecule has 3 rings (SSSR count). The molecule has 1 heterocycles. The fraction of sp³-hybridized carbons (Fsp3) is 0.625. The van der Waals surface area contributed by atoms with Gasteiger partial charge in [-0.15, -0.1) is 0 Å². The average molecular weight is 281 g/mol. The summed E-state index contributed by atoms with van der Waals surface area (Å²) in [7, 11) is 1.82. The smallest absolute Gasteiger partial charge is 0.128 e. The van der Waals surface area contributed by atoms with Crippen LogP contribution in [0.3, 0.4) is 0 Å². The van der Waals surface area contributed by atoms with Crippen LogP contribution in [0.1, 0.15) is 43.7 Å². The lowest BCUT2D eigenvalue weighted by Crippen LogP contribution is -2.47. The highest BCUT2D eigenvalue weighted by molar-refractivity contribution is 5.23. The first-order chi connectivity index (χ1) is 9.63. The third-order valence-corrected chi connectivity index (χ3v) is 4.87. The molecule has 0 radical (unpaired) electrons. The van der Waals surface area contributed by atoms with Crippen LogP contribution in [0.25, 0.3) is 0 Å². The molecule has 20 heavy (non-hydrogen) atoms. The number of hydrogen-bond acceptors (Lipinski definition) is 2. The van der Waals surface area contributed by atoms with Crippen molar-refractivity contribution in [2.45, 2.75) is 43.7 Å². The maximum Gasteiger partial charge on any atom is 0.128 e. The molecule has 2 fully saturated rings. The normalized spacial score (nSPS) is 26.2. The van der Waals surface area contributed by atoms with Crippen molar-refractivity contribution in [3.63, 3.8) is 0 Å². The molecule has 0 amide bonds. The summed E-state index contributed by atoms with van der Waals surface area (Å²) in [5.74, 6) is -0.419. The van der Waals surface area contributed by atoms with Crippen LogP contribution in [-0.2, 0) is 4.74 Å². The zero-order chi connectivity index (χ0) is 14.2. The Bertz CT molecular complexity index is 487. The zero-order valence-corrected chi connectivity index (χ0v) is 11.8. The predicted octanol–water partition coefficient (Wildman–Crippen LogP) is 3.57. The number of nitrogens with one attached hydrogen (secondary N) is 1. The molecule has 2 atom stereocenters. The number of ether oxygens (including phenoxy) is 1. The van der Waals surface area contributed by atoms with Gasteiger partial charge in [-0.05, 0) is 63.3 Å². The van der Waals surface area contributed by atoms with E-state index in [-0.39, 0.29) is 23.3 Å². The van der Waals surface area contributed by atoms with Crippen molar-refractivity contribution in [2.24, 2.45) is 5.92 Å². The maximum absolute atomic E-state index is 14.0. The second-order valence-corrected chi connectivity index (χ2v) is 6.07. The van der Waals surface area contributed by atoms with Gasteiger partial charge < -0.3 is 10.1 Å². The molecule has 1 aliphatic heterocycles. The lowest BCUT2D eigenvalue weighted by molar-refractivity contribution is -0.147. The van der Waals surface area contributed by atoms with Gasteiger partial charge in [-0.25, -0.2) is 8.78 Å². The van der Waals surface area contributed by atoms with Gasteiger partial charge in [-0.3, -0.25) is 0 Å². The third kappa shape index (κ3) is 2.47. The molecule has 2 aliphatic rings. The second kappa shape index (κ2) is 5.41. The predicted molar refractivity (Wildman–Crippen MR) is 73.4 cm³/mol. The maximum atomic E-state index is 14.0. The van der Waals surface area contributed by atoms with Crippen molar-refractivity contribution in [1.82, 2.24) is 5.32 Å². The minimum absolute atomic E-state index is 0.0157. The van der Waals surface area contributed by atoms with Crippen molar-refractivity contribution in [1.29, 1.82) is 0 Å². The van der Waals surface area contributed by atoms with E-state index in [9.17, 15) is 8.78 Å². The van der Waals surface area contributed by atoms with Gasteiger partial charge in [0.05, 0.1) is 5.60 Å². The van der Waals surface area contributed by atoms with Crippen LogP contribution >= 0.6 is 0 Å². The fourth-order valence-electron chi connectivity index (χ4n) is 3.67. The minimum Gasteiger partial charge on any atom is -0.375 e. The van der Waals surface area contributed by atoms with Crippen LogP contribution in [0.2, 0.25) is 0 Å². The molecule has 0 bridgehead atoms. The third-order valence-electron chi connectivity index (χ3n) is 4.87. The van der Waals surface area contributed by atoms with Gasteiger partial charge in [0.2, 0.25) is 0 Å². The van der Waals surface area contributed by atoms with Crippen LogP contribution < -0.4 is 5.32 Å². The largest absolute Gasteiger partial charge is 0.375 e. The van der Waals surface area contributed by atoms with Crippen molar-refractivity contribution >= 4 is 0 Å². The van der Waals surface area contributed by atoms with Crippen molar-refractivity contribution in [3.8, 4) is 0 Å². The quantitative estimate of drug-likeness (QED) is 0.914. The van der Waals surface area contributed by atoms with E-state index in [0.29, 0.717) is 11.5 Å². The van der Waals surface area contributed by atoms with Crippen LogP contribution in [0.15, 0.2) is 18.2 Å². The Balaban J connectivity index is 1.83. The van der Waals surface area contributed by atoms with Crippen LogP contribution in [0.4, 0.5) is 8.78 Å². The molecule has 0 aromatic heterocycles. The fourth-order valence-corrected chi connectivity index (χ4v) is 3.67. The first-order valence-corrected chi connectivity index (χ1v) is 7.40. The Morgan fingerprint density at radius 1 is 1.35 bits per heavy atom. The summed E-state index contributed by atoms with van der Waals surface area (Å²) in [5, 5.41) is 3.18. The summed E-state index contributed by atoms with van der Waals surface area (Å²) in [6, 6.07) is 3.56. The molecule has 2 unspecified atom stereocenters. The molecule has 110 valence electrons. The summed E-state index contributed by atoms with van der Waals surface area (Å²) >= 11 is 0. The van der Waals surface area contributed by atoms with E-state index in [0.717, 1.165) is 32.3 Å². The number of halogens is 2. The van der Waals surface area contributed by atoms with Gasteiger partial charge in [-0.1, -0.05) is 0 Å². The van der Waals surface area contributed by atoms with Gasteiger partial charge in [0.25, 0.3) is 0 Å². The van der Waals surface area contributed by atoms with E-state index in [1.54, 1.807) is 0 Å². The van der Waals surface area contributed by atoms with Gasteiger partial charge in [0.15, 0.2) is 0 Å². The summed E-state index contributed by atoms with van der Waals surface area (Å²) in [5.41, 5.74) is 0.454. The molecule has 1 spiro atoms. The van der Waals surface area contributed by atoms with Crippen LogP contribution in [0, 0.1) is 17.6 Å². The Labute approximate surface area is 118 Å². The Morgan fingerprint density at radius 2 is 2.15 bits per heavy atom. The Kier molecular flexibility index (Phi) is 3.78. The molecule has 1 saturated carbocycles. The van der Waals surface area contributed by atoms with Crippen molar-refractivity contribution in [3.05, 3.63) is 35.4 Å². The standard InChI is InChI=1S/C16H21F2NO/c1-19-15(13-9-12(17)3-4-14(13)18)11-5-8-20-16(10-11)6-2-7-16/h3-4,9,11,15,19H,2,5-8,10H2,1H3. The highest BCUT2D eigenvalue weighted by atomic mass is 19.1. The molecule has 1 saturated heterocycles. The summed E-state index contributed by atoms with van der Waals surface area (Å²) < 4.78 is 33.4. The van der Waals surface area contributed by atoms with E-state index in [1.807, 2.05) is 7.05 Å². The average Bonchev–Trinajstić information content (AvgIpc) is 2.42. The van der Waals surface area contributed by atoms with E-state index < -0.39 is 0 Å². The van der Waals surface area contributed by atoms with E-state index in [2.05, 4.69) is 5.32 Å². The van der Waals surface area contributed by atoms with Crippen molar-refractivity contribution in [2.75, 3.05) is 13.7 Å². The Morgan fingerprint density at radius 3 is 2.80 bits per heavy atom. The monoisotopic (exact) mass is 281 g/mol. The van der Waals surface area contributed by atoms with Gasteiger partial charge >= 0.3 is 0 Å². The molecule has 4 heteroatoms. The van der Waals surface area contributed by atoms with Gasteiger partial charge in [0.1, 0.15) is 11.6 Å². The lowest BCUT2D eigenvalue weighted by atomic mass is 9.69. The van der Waals surface area contributed by atoms with E-state index in [1.165, 1.54) is 24.6 Å². The molecule has 1 aromatic rings. The molecule has 1 aliphatic carbocycles. The zero-order valence-electron chi connectivity index (χ0n) is 11.8. The highest BCUT2D eigenvalue weighted by Crippen LogP contribution is 2.47. The minimum atomic E-state index is -0.382. The van der Waals surface area contributed by atoms with Gasteiger partial charge in [-0.2, -0.15) is 0 Å². The number of rotatable bonds is 3. The first-order valence-electron chi connectivity index (χ1n) is 7.40. The van der Waals surface area contributed by atoms with Crippen LogP contribution in [0.5, 0.6) is 0 Å². The Hall–Kier alpha value is -1.00. The molecule has 1 N–H and O–H groups in total. The molecule has 1 aromatic carbocycles. The SMILES string of the molecule is CNC(c1cc(F)ccc1F)C1CCOC2(CCC2)C1. The van der Waals surface area contributed by atoms with Crippen LogP contribution in [-0.4, -0.2) is 19.3 Å². The summed E-state index contributed by atoms with van der Waals surface area (Å²) in [6.07, 6.45) is 5.25. The summed E-state index contributed by atoms with van der Waals surface area (Å²) in [6.45, 7) is 0.722. The van der Waals surface area contributed by atoms with Gasteiger partial charge in [0, 0.05) is 18.2 Å². The second-order valence-electron chi connectivity index (χ2n) is 6.07. The number of hydrogen-bond donors (Lipinski definition) is 1. The summed E-state index contributed by atoms with van der Waals surface area (Å²) in [4.78, 5) is 0. The highest BCUT2D eigenvalue weighted by Gasteiger charge is 2.44. The first kappa shape index (κ1) is 14.0. The molecular weight excluding hydrogens is 260 g/mol. The van der Waals surface area contributed by atoms with E-state index >= 15 is 0 Å². The lowest BCUT2D eigenvalue weighted by Gasteiger charge is -2.48. The topological polar surface area (TPSA) is 21.3 Å². The van der Waals surface area contributed by atoms with E-state index in [4.69, 9.17) is 4.74 Å². The van der Waals surface area contributed by atoms with Crippen molar-refractivity contribution < 1.29 is 13.5 Å². The number of benzene rings is 1.